The number of pyridine rings is 3. The summed E-state index contributed by atoms with van der Waals surface area (Å²) in [4.78, 5) is 15.1. The topological polar surface area (TPSA) is 63.8 Å². The van der Waals surface area contributed by atoms with Crippen molar-refractivity contribution < 1.29 is 26.2 Å². The van der Waals surface area contributed by atoms with Crippen molar-refractivity contribution in [2.75, 3.05) is 0 Å². The van der Waals surface area contributed by atoms with Crippen LogP contribution in [0.5, 0.6) is 5.75 Å². The maximum atomic E-state index is 11.1. The molecule has 69 heavy (non-hydrogen) atoms. The molecule has 0 aliphatic rings. The van der Waals surface area contributed by atoms with Crippen molar-refractivity contribution >= 4 is 21.8 Å². The van der Waals surface area contributed by atoms with Crippen molar-refractivity contribution in [1.82, 2.24) is 19.5 Å². The minimum absolute atomic E-state index is 0. The number of hydrogen-bond acceptors (Lipinski definition) is 4. The molecule has 0 saturated carbocycles. The molecular weight excluding hydrogens is 1020 g/mol. The van der Waals surface area contributed by atoms with Gasteiger partial charge in [-0.2, -0.15) is 0 Å². The summed E-state index contributed by atoms with van der Waals surface area (Å²) in [7, 11) is 0. The minimum atomic E-state index is -0.0553. The van der Waals surface area contributed by atoms with Crippen LogP contribution in [0.2, 0.25) is 0 Å². The van der Waals surface area contributed by atoms with E-state index in [4.69, 9.17) is 15.0 Å². The molecule has 0 bridgehead atoms. The number of hydrogen-bond donors (Lipinski definition) is 1. The van der Waals surface area contributed by atoms with Crippen LogP contribution in [0.1, 0.15) is 79.0 Å². The van der Waals surface area contributed by atoms with Crippen molar-refractivity contribution in [1.29, 1.82) is 0 Å². The van der Waals surface area contributed by atoms with Gasteiger partial charge in [0.1, 0.15) is 5.75 Å². The molecular formula is C63H57N4OPt-. The van der Waals surface area contributed by atoms with Crippen molar-refractivity contribution in [3.63, 3.8) is 0 Å². The summed E-state index contributed by atoms with van der Waals surface area (Å²) in [5, 5.41) is 13.5. The van der Waals surface area contributed by atoms with Crippen molar-refractivity contribution in [2.45, 2.75) is 78.6 Å². The third kappa shape index (κ3) is 9.33. The van der Waals surface area contributed by atoms with Crippen LogP contribution in [0.3, 0.4) is 0 Å². The summed E-state index contributed by atoms with van der Waals surface area (Å²) in [5.41, 5.74) is 17.9. The average Bonchev–Trinajstić information content (AvgIpc) is 3.68. The summed E-state index contributed by atoms with van der Waals surface area (Å²) in [6.07, 6.45) is 3.90. The van der Waals surface area contributed by atoms with Gasteiger partial charge in [-0.15, -0.1) is 24.3 Å². The van der Waals surface area contributed by atoms with Crippen LogP contribution >= 0.6 is 0 Å². The summed E-state index contributed by atoms with van der Waals surface area (Å²) < 4.78 is 2.39. The van der Waals surface area contributed by atoms with Crippen LogP contribution in [0, 0.1) is 6.07 Å². The first-order valence-electron chi connectivity index (χ1n) is 23.6. The summed E-state index contributed by atoms with van der Waals surface area (Å²) >= 11 is 0. The Kier molecular flexibility index (Phi) is 12.4. The van der Waals surface area contributed by atoms with Gasteiger partial charge in [-0.3, -0.25) is 15.0 Å². The fraction of sp³-hybridized carbons (Fsp3) is 0.190. The van der Waals surface area contributed by atoms with Gasteiger partial charge in [0.05, 0.1) is 22.4 Å². The van der Waals surface area contributed by atoms with Gasteiger partial charge in [-0.25, -0.2) is 0 Å². The van der Waals surface area contributed by atoms with Gasteiger partial charge in [-0.1, -0.05) is 171 Å². The predicted octanol–water partition coefficient (Wildman–Crippen LogP) is 16.4. The molecule has 0 aliphatic carbocycles. The first kappa shape index (κ1) is 47.1. The van der Waals surface area contributed by atoms with Gasteiger partial charge in [0.25, 0.3) is 0 Å². The Hall–Kier alpha value is -6.94. The van der Waals surface area contributed by atoms with Crippen LogP contribution in [0.15, 0.2) is 176 Å². The maximum absolute atomic E-state index is 11.1. The first-order valence-corrected chi connectivity index (χ1v) is 23.6. The van der Waals surface area contributed by atoms with Crippen LogP contribution in [0.4, 0.5) is 0 Å². The fourth-order valence-corrected chi connectivity index (χ4v) is 9.17. The number of phenolic OH excluding ortho intramolecular Hbond substituents is 1. The second-order valence-electron chi connectivity index (χ2n) is 21.1. The zero-order valence-corrected chi connectivity index (χ0v) is 43.1. The van der Waals surface area contributed by atoms with E-state index in [1.807, 2.05) is 30.6 Å². The Bertz CT molecular complexity index is 3500. The summed E-state index contributed by atoms with van der Waals surface area (Å²) in [5.74, 6) is 0.185. The molecule has 6 heteroatoms. The molecule has 5 nitrogen and oxygen atoms in total. The third-order valence-corrected chi connectivity index (χ3v) is 13.1. The van der Waals surface area contributed by atoms with E-state index in [2.05, 4.69) is 212 Å². The van der Waals surface area contributed by atoms with E-state index in [-0.39, 0.29) is 43.1 Å². The maximum Gasteiger partial charge on any atom is 0.124 e. The van der Waals surface area contributed by atoms with Crippen LogP contribution in [-0.4, -0.2) is 24.6 Å². The van der Waals surface area contributed by atoms with Crippen LogP contribution in [0.25, 0.3) is 94.8 Å². The van der Waals surface area contributed by atoms with Gasteiger partial charge < -0.3 is 9.67 Å². The van der Waals surface area contributed by atoms with Gasteiger partial charge in [-0.05, 0) is 98.2 Å². The molecule has 0 aliphatic heterocycles. The number of aromatic hydroxyl groups is 1. The molecule has 0 amide bonds. The molecule has 0 fully saturated rings. The van der Waals surface area contributed by atoms with Crippen molar-refractivity contribution in [3.8, 4) is 78.7 Å². The molecule has 0 atom stereocenters. The number of nitrogens with zero attached hydrogens (tertiary/aromatic N) is 4. The number of aromatic nitrogens is 4. The molecule has 6 aromatic carbocycles. The van der Waals surface area contributed by atoms with Gasteiger partial charge in [0, 0.05) is 78.0 Å². The third-order valence-electron chi connectivity index (χ3n) is 13.1. The van der Waals surface area contributed by atoms with Crippen LogP contribution < -0.4 is 0 Å². The normalized spacial score (nSPS) is 12.1. The molecule has 1 N–H and O–H groups in total. The number of benzene rings is 6. The van der Waals surface area contributed by atoms with Gasteiger partial charge in [0.2, 0.25) is 0 Å². The zero-order valence-electron chi connectivity index (χ0n) is 40.8. The molecule has 10 rings (SSSR count). The Morgan fingerprint density at radius 3 is 1.77 bits per heavy atom. The Morgan fingerprint density at radius 2 is 1.06 bits per heavy atom. The second-order valence-corrected chi connectivity index (χ2v) is 21.1. The Morgan fingerprint density at radius 1 is 0.449 bits per heavy atom. The van der Waals surface area contributed by atoms with Crippen molar-refractivity contribution in [2.24, 2.45) is 0 Å². The number of para-hydroxylation sites is 3. The van der Waals surface area contributed by atoms with E-state index in [0.717, 1.165) is 72.7 Å². The smallest absolute Gasteiger partial charge is 0.124 e. The van der Waals surface area contributed by atoms with E-state index < -0.39 is 0 Å². The second kappa shape index (κ2) is 18.2. The molecule has 0 saturated heterocycles. The Balaban J connectivity index is 0.00000593. The predicted molar refractivity (Wildman–Crippen MR) is 283 cm³/mol. The van der Waals surface area contributed by atoms with E-state index >= 15 is 0 Å². The van der Waals surface area contributed by atoms with Crippen molar-refractivity contribution in [3.05, 3.63) is 199 Å². The van der Waals surface area contributed by atoms with E-state index in [0.29, 0.717) is 11.3 Å². The van der Waals surface area contributed by atoms with Gasteiger partial charge in [0.15, 0.2) is 0 Å². The standard InChI is InChI=1S/C63H57N4O.Pt/c1-61(2,3)46-27-28-54(65-39-46)43-19-15-20-49(34-43)67-58-25-12-10-21-51(58)52-24-16-23-50(60(52)67)40-29-30-64-55(35-40)41-17-14-18-42(31-41)56-36-45(37-57(66-56)53-22-11-13-26-59(53)68)44-32-47(62(4,5)6)38-48(33-44)63(7,8)9;/h10-30,32-39,68H,1-9H3;/q-1;. The Labute approximate surface area is 421 Å². The average molecular weight is 1080 g/mol. The quantitative estimate of drug-likeness (QED) is 0.162. The summed E-state index contributed by atoms with van der Waals surface area (Å²) in [6.45, 7) is 20.2. The molecule has 10 aromatic rings. The van der Waals surface area contributed by atoms with Crippen LogP contribution in [-0.2, 0) is 37.3 Å². The zero-order chi connectivity index (χ0) is 47.5. The largest absolute Gasteiger partial charge is 0.507 e. The molecule has 4 aromatic heterocycles. The van der Waals surface area contributed by atoms with Gasteiger partial charge >= 0.3 is 0 Å². The minimum Gasteiger partial charge on any atom is -0.507 e. The number of fused-ring (bicyclic) bond motifs is 3. The SMILES string of the molecule is CC(C)(C)c1ccc(-c2cccc(-n3c4ccccc4c4cccc(-c5ccnc(-c6[c-]c(-c7cc(-c8cc(C(C)(C)C)cc(C(C)(C)C)c8)cc(-c8ccccc8O)n7)ccc6)c5)c43)c2)nc1.[Pt]. The van der Waals surface area contributed by atoms with E-state index in [1.165, 1.54) is 27.5 Å². The monoisotopic (exact) mass is 1080 g/mol. The summed E-state index contributed by atoms with van der Waals surface area (Å²) in [6, 6.07) is 61.1. The molecule has 0 spiro atoms. The fourth-order valence-electron chi connectivity index (χ4n) is 9.17. The number of rotatable bonds is 7. The molecule has 4 heterocycles. The van der Waals surface area contributed by atoms with E-state index in [1.54, 1.807) is 6.07 Å². The molecule has 0 unspecified atom stereocenters. The molecule has 0 radical (unpaired) electrons. The van der Waals surface area contributed by atoms with E-state index in [9.17, 15) is 5.11 Å². The first-order chi connectivity index (χ1) is 32.5. The molecule has 346 valence electrons. The number of phenols is 1.